The number of carbonyl (C=O) groups is 1. The smallest absolute Gasteiger partial charge is 0.251 e. The number of methoxy groups -OCH3 is 1. The third-order valence-electron chi connectivity index (χ3n) is 2.78. The van der Waals surface area contributed by atoms with Crippen molar-refractivity contribution >= 4 is 17.5 Å². The molecular formula is C15H15ClN2O2. The molecular weight excluding hydrogens is 276 g/mol. The van der Waals surface area contributed by atoms with Crippen LogP contribution in [-0.4, -0.2) is 24.5 Å². The maximum absolute atomic E-state index is 12.0. The van der Waals surface area contributed by atoms with Gasteiger partial charge in [0, 0.05) is 18.2 Å². The van der Waals surface area contributed by atoms with Crippen LogP contribution in [-0.2, 0) is 6.42 Å². The first kappa shape index (κ1) is 14.3. The van der Waals surface area contributed by atoms with E-state index in [1.54, 1.807) is 6.07 Å². The van der Waals surface area contributed by atoms with Crippen molar-refractivity contribution in [2.45, 2.75) is 6.42 Å². The molecule has 2 aromatic rings. The summed E-state index contributed by atoms with van der Waals surface area (Å²) in [4.78, 5) is 15.9. The van der Waals surface area contributed by atoms with Gasteiger partial charge in [0.2, 0.25) is 5.88 Å². The van der Waals surface area contributed by atoms with E-state index in [0.717, 1.165) is 6.42 Å². The molecule has 104 valence electrons. The minimum absolute atomic E-state index is 0.191. The second-order valence-corrected chi connectivity index (χ2v) is 4.60. The van der Waals surface area contributed by atoms with E-state index in [-0.39, 0.29) is 11.1 Å². The normalized spacial score (nSPS) is 10.1. The van der Waals surface area contributed by atoms with E-state index < -0.39 is 0 Å². The number of carbonyl (C=O) groups excluding carboxylic acids is 1. The Bertz CT molecular complexity index is 588. The molecule has 0 spiro atoms. The summed E-state index contributed by atoms with van der Waals surface area (Å²) >= 11 is 5.83. The summed E-state index contributed by atoms with van der Waals surface area (Å²) < 4.78 is 4.98. The van der Waals surface area contributed by atoms with Gasteiger partial charge >= 0.3 is 0 Å². The topological polar surface area (TPSA) is 51.2 Å². The van der Waals surface area contributed by atoms with Crippen LogP contribution in [0.3, 0.4) is 0 Å². The molecule has 1 aromatic heterocycles. The van der Waals surface area contributed by atoms with Crippen LogP contribution in [0.1, 0.15) is 15.9 Å². The van der Waals surface area contributed by atoms with Crippen LogP contribution in [0.5, 0.6) is 5.88 Å². The van der Waals surface area contributed by atoms with Crippen molar-refractivity contribution in [3.63, 3.8) is 0 Å². The lowest BCUT2D eigenvalue weighted by molar-refractivity contribution is 0.0953. The highest BCUT2D eigenvalue weighted by Crippen LogP contribution is 2.15. The van der Waals surface area contributed by atoms with Gasteiger partial charge in [0.15, 0.2) is 0 Å². The van der Waals surface area contributed by atoms with Crippen LogP contribution in [0.25, 0.3) is 0 Å². The van der Waals surface area contributed by atoms with Gasteiger partial charge in [-0.05, 0) is 18.1 Å². The van der Waals surface area contributed by atoms with E-state index in [1.165, 1.54) is 18.7 Å². The monoisotopic (exact) mass is 290 g/mol. The molecule has 0 fully saturated rings. The fraction of sp³-hybridized carbons (Fsp3) is 0.200. The number of pyridine rings is 1. The van der Waals surface area contributed by atoms with Crippen molar-refractivity contribution < 1.29 is 9.53 Å². The fourth-order valence-corrected chi connectivity index (χ4v) is 1.98. The lowest BCUT2D eigenvalue weighted by Gasteiger charge is -2.07. The van der Waals surface area contributed by atoms with Gasteiger partial charge in [-0.15, -0.1) is 0 Å². The SMILES string of the molecule is COc1cc(C(=O)NCCc2ccccc2)cc(Cl)n1. The lowest BCUT2D eigenvalue weighted by Crippen LogP contribution is -2.25. The predicted molar refractivity (Wildman–Crippen MR) is 78.3 cm³/mol. The average Bonchev–Trinajstić information content (AvgIpc) is 2.47. The Balaban J connectivity index is 1.93. The van der Waals surface area contributed by atoms with Gasteiger partial charge in [-0.3, -0.25) is 4.79 Å². The van der Waals surface area contributed by atoms with Gasteiger partial charge < -0.3 is 10.1 Å². The number of ether oxygens (including phenoxy) is 1. The standard InChI is InChI=1S/C15H15ClN2O2/c1-20-14-10-12(9-13(16)18-14)15(19)17-8-7-11-5-3-2-4-6-11/h2-6,9-10H,7-8H2,1H3,(H,17,19). The van der Waals surface area contributed by atoms with Crippen LogP contribution in [0.2, 0.25) is 5.15 Å². The van der Waals surface area contributed by atoms with Gasteiger partial charge in [-0.25, -0.2) is 4.98 Å². The largest absolute Gasteiger partial charge is 0.481 e. The third-order valence-corrected chi connectivity index (χ3v) is 2.98. The summed E-state index contributed by atoms with van der Waals surface area (Å²) in [6.07, 6.45) is 0.780. The quantitative estimate of drug-likeness (QED) is 0.862. The molecule has 0 saturated carbocycles. The zero-order valence-electron chi connectivity index (χ0n) is 11.1. The number of halogens is 1. The van der Waals surface area contributed by atoms with Crippen molar-refractivity contribution in [3.8, 4) is 5.88 Å². The Kier molecular flexibility index (Phi) is 4.96. The highest BCUT2D eigenvalue weighted by atomic mass is 35.5. The molecule has 0 atom stereocenters. The summed E-state index contributed by atoms with van der Waals surface area (Å²) in [5.74, 6) is 0.134. The Labute approximate surface area is 122 Å². The minimum Gasteiger partial charge on any atom is -0.481 e. The summed E-state index contributed by atoms with van der Waals surface area (Å²) in [6.45, 7) is 0.561. The first-order valence-electron chi connectivity index (χ1n) is 6.23. The Morgan fingerprint density at radius 3 is 2.75 bits per heavy atom. The Morgan fingerprint density at radius 2 is 2.05 bits per heavy atom. The van der Waals surface area contributed by atoms with E-state index in [0.29, 0.717) is 18.0 Å². The Hall–Kier alpha value is -2.07. The van der Waals surface area contributed by atoms with Gasteiger partial charge in [-0.1, -0.05) is 41.9 Å². The molecule has 1 aromatic carbocycles. The van der Waals surface area contributed by atoms with Gasteiger partial charge in [0.1, 0.15) is 5.15 Å². The van der Waals surface area contributed by atoms with E-state index in [9.17, 15) is 4.79 Å². The van der Waals surface area contributed by atoms with Crippen molar-refractivity contribution in [1.29, 1.82) is 0 Å². The zero-order valence-corrected chi connectivity index (χ0v) is 11.9. The molecule has 0 aliphatic heterocycles. The molecule has 0 radical (unpaired) electrons. The van der Waals surface area contributed by atoms with Crippen LogP contribution in [0, 0.1) is 0 Å². The third kappa shape index (κ3) is 3.96. The second-order valence-electron chi connectivity index (χ2n) is 4.21. The molecule has 1 heterocycles. The van der Waals surface area contributed by atoms with E-state index in [2.05, 4.69) is 10.3 Å². The number of amides is 1. The molecule has 0 saturated heterocycles. The first-order valence-corrected chi connectivity index (χ1v) is 6.60. The van der Waals surface area contributed by atoms with Crippen LogP contribution in [0.4, 0.5) is 0 Å². The molecule has 0 aliphatic rings. The molecule has 0 unspecified atom stereocenters. The highest BCUT2D eigenvalue weighted by Gasteiger charge is 2.09. The van der Waals surface area contributed by atoms with Crippen molar-refractivity contribution in [1.82, 2.24) is 10.3 Å². The number of nitrogens with zero attached hydrogens (tertiary/aromatic N) is 1. The van der Waals surface area contributed by atoms with E-state index in [4.69, 9.17) is 16.3 Å². The average molecular weight is 291 g/mol. The maximum Gasteiger partial charge on any atom is 0.251 e. The molecule has 20 heavy (non-hydrogen) atoms. The van der Waals surface area contributed by atoms with Crippen LogP contribution >= 0.6 is 11.6 Å². The maximum atomic E-state index is 12.0. The molecule has 0 bridgehead atoms. The number of nitrogens with one attached hydrogen (secondary N) is 1. The van der Waals surface area contributed by atoms with Gasteiger partial charge in [0.05, 0.1) is 7.11 Å². The van der Waals surface area contributed by atoms with Crippen molar-refractivity contribution in [2.75, 3.05) is 13.7 Å². The van der Waals surface area contributed by atoms with Gasteiger partial charge in [-0.2, -0.15) is 0 Å². The van der Waals surface area contributed by atoms with Gasteiger partial charge in [0.25, 0.3) is 5.91 Å². The molecule has 4 nitrogen and oxygen atoms in total. The number of benzene rings is 1. The number of hydrogen-bond acceptors (Lipinski definition) is 3. The van der Waals surface area contributed by atoms with E-state index >= 15 is 0 Å². The number of aromatic nitrogens is 1. The Morgan fingerprint density at radius 1 is 1.30 bits per heavy atom. The summed E-state index contributed by atoms with van der Waals surface area (Å²) in [7, 11) is 1.48. The molecule has 2 rings (SSSR count). The van der Waals surface area contributed by atoms with Crippen LogP contribution in [0.15, 0.2) is 42.5 Å². The molecule has 0 aliphatic carbocycles. The van der Waals surface area contributed by atoms with Crippen molar-refractivity contribution in [2.24, 2.45) is 0 Å². The summed E-state index contributed by atoms with van der Waals surface area (Å²) in [5, 5.41) is 3.08. The van der Waals surface area contributed by atoms with E-state index in [1.807, 2.05) is 30.3 Å². The fourth-order valence-electron chi connectivity index (χ4n) is 1.78. The molecule has 5 heteroatoms. The second kappa shape index (κ2) is 6.91. The molecule has 1 amide bonds. The van der Waals surface area contributed by atoms with Crippen molar-refractivity contribution in [3.05, 3.63) is 58.7 Å². The zero-order chi connectivity index (χ0) is 14.4. The number of rotatable bonds is 5. The number of hydrogen-bond donors (Lipinski definition) is 1. The summed E-state index contributed by atoms with van der Waals surface area (Å²) in [5.41, 5.74) is 1.62. The lowest BCUT2D eigenvalue weighted by atomic mass is 10.1. The first-order chi connectivity index (χ1) is 9.69. The highest BCUT2D eigenvalue weighted by molar-refractivity contribution is 6.29. The minimum atomic E-state index is -0.191. The molecule has 1 N–H and O–H groups in total. The predicted octanol–water partition coefficient (Wildman–Crippen LogP) is 2.72. The summed E-state index contributed by atoms with van der Waals surface area (Å²) in [6, 6.07) is 13.0. The van der Waals surface area contributed by atoms with Crippen LogP contribution < -0.4 is 10.1 Å².